The zero-order valence-electron chi connectivity index (χ0n) is 15.2. The number of aromatic nitrogens is 2. The van der Waals surface area contributed by atoms with Crippen LogP contribution in [0.15, 0.2) is 28.4 Å². The Morgan fingerprint density at radius 1 is 1.07 bits per heavy atom. The van der Waals surface area contributed by atoms with Crippen LogP contribution < -0.4 is 4.90 Å². The number of azo groups is 1. The minimum absolute atomic E-state index is 0.0881. The lowest BCUT2D eigenvalue weighted by molar-refractivity contribution is -0.138. The van der Waals surface area contributed by atoms with E-state index in [0.29, 0.717) is 11.3 Å². The van der Waals surface area contributed by atoms with Gasteiger partial charge in [0.15, 0.2) is 0 Å². The fourth-order valence-corrected chi connectivity index (χ4v) is 2.86. The highest BCUT2D eigenvalue weighted by Crippen LogP contribution is 2.36. The number of anilines is 1. The molecule has 0 radical (unpaired) electrons. The fourth-order valence-electron chi connectivity index (χ4n) is 2.33. The molecule has 0 spiro atoms. The quantitative estimate of drug-likeness (QED) is 0.516. The summed E-state index contributed by atoms with van der Waals surface area (Å²) < 4.78 is 37.5. The molecular formula is C17H22F3N5OS. The van der Waals surface area contributed by atoms with Crippen LogP contribution in [0.5, 0.6) is 5.75 Å². The summed E-state index contributed by atoms with van der Waals surface area (Å²) in [5.41, 5.74) is 1.04. The van der Waals surface area contributed by atoms with E-state index in [0.717, 1.165) is 44.5 Å². The van der Waals surface area contributed by atoms with Crippen LogP contribution in [0.25, 0.3) is 0 Å². The van der Waals surface area contributed by atoms with Gasteiger partial charge in [-0.1, -0.05) is 38.0 Å². The van der Waals surface area contributed by atoms with Crippen LogP contribution in [0.3, 0.4) is 0 Å². The van der Waals surface area contributed by atoms with Crippen LogP contribution in [0.2, 0.25) is 0 Å². The number of benzene rings is 1. The first kappa shape index (κ1) is 21.1. The van der Waals surface area contributed by atoms with E-state index >= 15 is 0 Å². The molecule has 1 heterocycles. The predicted molar refractivity (Wildman–Crippen MR) is 99.2 cm³/mol. The van der Waals surface area contributed by atoms with Crippen LogP contribution in [0, 0.1) is 0 Å². The highest BCUT2D eigenvalue weighted by Gasteiger charge is 2.35. The standard InChI is InChI=1S/C17H22F3N5OS/c1-3-5-9-25(10-6-4-2)12-7-8-13(14(26)11-12)21-23-16-24-22-15(27-16)17(18,19)20/h7-8,11,26H,3-6,9-10H2,1-2H3. The Kier molecular flexibility index (Phi) is 7.52. The Bertz CT molecular complexity index is 755. The van der Waals surface area contributed by atoms with E-state index in [2.05, 4.69) is 39.2 Å². The molecule has 0 aliphatic heterocycles. The number of phenolic OH excluding ortho intramolecular Hbond substituents is 1. The molecule has 27 heavy (non-hydrogen) atoms. The minimum atomic E-state index is -4.56. The molecule has 1 aromatic carbocycles. The minimum Gasteiger partial charge on any atom is -0.506 e. The third-order valence-electron chi connectivity index (χ3n) is 3.79. The first-order valence-electron chi connectivity index (χ1n) is 8.75. The zero-order valence-corrected chi connectivity index (χ0v) is 16.0. The predicted octanol–water partition coefficient (Wildman–Crippen LogP) is 6.08. The number of hydrogen-bond donors (Lipinski definition) is 1. The Hall–Kier alpha value is -2.23. The van der Waals surface area contributed by atoms with Crippen molar-refractivity contribution in [1.82, 2.24) is 10.2 Å². The van der Waals surface area contributed by atoms with E-state index in [1.807, 2.05) is 6.07 Å². The molecule has 0 fully saturated rings. The Morgan fingerprint density at radius 3 is 2.26 bits per heavy atom. The van der Waals surface area contributed by atoms with E-state index in [4.69, 9.17) is 0 Å². The Balaban J connectivity index is 2.13. The number of alkyl halides is 3. The molecule has 0 saturated heterocycles. The van der Waals surface area contributed by atoms with Gasteiger partial charge in [-0.2, -0.15) is 13.2 Å². The van der Waals surface area contributed by atoms with Crippen molar-refractivity contribution in [3.05, 3.63) is 23.2 Å². The van der Waals surface area contributed by atoms with Crippen LogP contribution in [-0.4, -0.2) is 28.4 Å². The van der Waals surface area contributed by atoms with Crippen molar-refractivity contribution in [2.45, 2.75) is 45.7 Å². The van der Waals surface area contributed by atoms with Crippen molar-refractivity contribution in [1.29, 1.82) is 0 Å². The van der Waals surface area contributed by atoms with Gasteiger partial charge in [-0.05, 0) is 25.0 Å². The Labute approximate surface area is 159 Å². The molecule has 6 nitrogen and oxygen atoms in total. The molecule has 0 amide bonds. The number of aromatic hydroxyl groups is 1. The second kappa shape index (κ2) is 9.63. The second-order valence-electron chi connectivity index (χ2n) is 5.95. The van der Waals surface area contributed by atoms with Crippen LogP contribution in [-0.2, 0) is 6.18 Å². The van der Waals surface area contributed by atoms with E-state index in [1.165, 1.54) is 0 Å². The van der Waals surface area contributed by atoms with Gasteiger partial charge in [0.25, 0.3) is 5.13 Å². The molecule has 0 aliphatic rings. The summed E-state index contributed by atoms with van der Waals surface area (Å²) in [6.07, 6.45) is -0.323. The van der Waals surface area contributed by atoms with Gasteiger partial charge in [0.1, 0.15) is 11.4 Å². The van der Waals surface area contributed by atoms with Crippen LogP contribution in [0.4, 0.5) is 29.7 Å². The molecule has 0 aliphatic carbocycles. The van der Waals surface area contributed by atoms with E-state index in [1.54, 1.807) is 12.1 Å². The van der Waals surface area contributed by atoms with Crippen molar-refractivity contribution in [2.24, 2.45) is 10.2 Å². The smallest absolute Gasteiger partial charge is 0.445 e. The molecule has 0 unspecified atom stereocenters. The van der Waals surface area contributed by atoms with Crippen LogP contribution >= 0.6 is 11.3 Å². The van der Waals surface area contributed by atoms with Crippen molar-refractivity contribution >= 4 is 27.8 Å². The average Bonchev–Trinajstić information content (AvgIpc) is 3.10. The van der Waals surface area contributed by atoms with Gasteiger partial charge in [0, 0.05) is 24.8 Å². The Morgan fingerprint density at radius 2 is 1.74 bits per heavy atom. The lowest BCUT2D eigenvalue weighted by Crippen LogP contribution is -2.25. The molecule has 10 heteroatoms. The maximum Gasteiger partial charge on any atom is 0.445 e. The monoisotopic (exact) mass is 401 g/mol. The van der Waals surface area contributed by atoms with Crippen molar-refractivity contribution in [3.63, 3.8) is 0 Å². The lowest BCUT2D eigenvalue weighted by atomic mass is 10.2. The van der Waals surface area contributed by atoms with Gasteiger partial charge < -0.3 is 10.0 Å². The summed E-state index contributed by atoms with van der Waals surface area (Å²) >= 11 is 0.294. The molecule has 2 aromatic rings. The molecule has 0 saturated carbocycles. The molecule has 1 aromatic heterocycles. The maximum atomic E-state index is 12.5. The third kappa shape index (κ3) is 6.16. The topological polar surface area (TPSA) is 74.0 Å². The normalized spacial score (nSPS) is 12.0. The summed E-state index contributed by atoms with van der Waals surface area (Å²) in [7, 11) is 0. The van der Waals surface area contributed by atoms with E-state index in [9.17, 15) is 18.3 Å². The molecular weight excluding hydrogens is 379 g/mol. The zero-order chi connectivity index (χ0) is 19.9. The van der Waals surface area contributed by atoms with Crippen molar-refractivity contribution in [2.75, 3.05) is 18.0 Å². The number of unbranched alkanes of at least 4 members (excludes halogenated alkanes) is 2. The average molecular weight is 401 g/mol. The number of nitrogens with zero attached hydrogens (tertiary/aromatic N) is 5. The summed E-state index contributed by atoms with van der Waals surface area (Å²) in [5, 5.41) is 22.7. The lowest BCUT2D eigenvalue weighted by Gasteiger charge is -2.25. The van der Waals surface area contributed by atoms with Crippen molar-refractivity contribution < 1.29 is 18.3 Å². The van der Waals surface area contributed by atoms with Gasteiger partial charge >= 0.3 is 6.18 Å². The summed E-state index contributed by atoms with van der Waals surface area (Å²) in [5.74, 6) is -0.0881. The molecule has 0 bridgehead atoms. The summed E-state index contributed by atoms with van der Waals surface area (Å²) in [6, 6.07) is 5.01. The third-order valence-corrected chi connectivity index (χ3v) is 4.64. The van der Waals surface area contributed by atoms with Gasteiger partial charge in [-0.3, -0.25) is 0 Å². The van der Waals surface area contributed by atoms with Gasteiger partial charge in [0.05, 0.1) is 0 Å². The summed E-state index contributed by atoms with van der Waals surface area (Å²) in [6.45, 7) is 6.02. The first-order valence-corrected chi connectivity index (χ1v) is 9.57. The molecule has 1 N–H and O–H groups in total. The van der Waals surface area contributed by atoms with E-state index < -0.39 is 11.2 Å². The largest absolute Gasteiger partial charge is 0.506 e. The van der Waals surface area contributed by atoms with Crippen molar-refractivity contribution in [3.8, 4) is 5.75 Å². The number of hydrogen-bond acceptors (Lipinski definition) is 7. The number of phenols is 1. The molecule has 0 atom stereocenters. The number of halogens is 3. The fraction of sp³-hybridized carbons (Fsp3) is 0.529. The SMILES string of the molecule is CCCCN(CCCC)c1ccc(N=Nc2nnc(C(F)(F)F)s2)c(O)c1. The highest BCUT2D eigenvalue weighted by molar-refractivity contribution is 7.15. The van der Waals surface area contributed by atoms with Gasteiger partial charge in [-0.15, -0.1) is 20.4 Å². The first-order chi connectivity index (χ1) is 12.8. The van der Waals surface area contributed by atoms with Gasteiger partial charge in [0.2, 0.25) is 5.01 Å². The number of rotatable bonds is 9. The van der Waals surface area contributed by atoms with Crippen LogP contribution in [0.1, 0.15) is 44.5 Å². The molecule has 148 valence electrons. The van der Waals surface area contributed by atoms with Gasteiger partial charge in [-0.25, -0.2) is 0 Å². The summed E-state index contributed by atoms with van der Waals surface area (Å²) in [4.78, 5) is 2.20. The highest BCUT2D eigenvalue weighted by atomic mass is 32.1. The van der Waals surface area contributed by atoms with E-state index in [-0.39, 0.29) is 16.6 Å². The maximum absolute atomic E-state index is 12.5. The molecule has 2 rings (SSSR count). The second-order valence-corrected chi connectivity index (χ2v) is 6.91.